The molecule has 1 aliphatic rings. The van der Waals surface area contributed by atoms with Crippen LogP contribution >= 0.6 is 23.2 Å². The number of rotatable bonds is 3. The lowest BCUT2D eigenvalue weighted by molar-refractivity contribution is 0.195. The fraction of sp³-hybridized carbons (Fsp3) is 0.353. The third kappa shape index (κ3) is 3.28. The predicted molar refractivity (Wildman–Crippen MR) is 91.7 cm³/mol. The van der Waals surface area contributed by atoms with Crippen LogP contribution in [0.15, 0.2) is 36.5 Å². The molecule has 0 bridgehead atoms. The van der Waals surface area contributed by atoms with Crippen molar-refractivity contribution in [2.24, 2.45) is 0 Å². The van der Waals surface area contributed by atoms with E-state index in [1.165, 1.54) is 5.56 Å². The minimum atomic E-state index is 0.0630. The van der Waals surface area contributed by atoms with Gasteiger partial charge in [0.15, 0.2) is 0 Å². The second kappa shape index (κ2) is 6.97. The summed E-state index contributed by atoms with van der Waals surface area (Å²) < 4.78 is 0. The first-order chi connectivity index (χ1) is 10.7. The van der Waals surface area contributed by atoms with Crippen LogP contribution in [0.3, 0.4) is 0 Å². The van der Waals surface area contributed by atoms with Gasteiger partial charge in [-0.1, -0.05) is 35.3 Å². The molecule has 0 spiro atoms. The van der Waals surface area contributed by atoms with Crippen LogP contribution in [0.25, 0.3) is 0 Å². The summed E-state index contributed by atoms with van der Waals surface area (Å²) in [5.41, 5.74) is 3.31. The summed E-state index contributed by atoms with van der Waals surface area (Å²) in [6.45, 7) is 6.00. The molecular weight excluding hydrogens is 317 g/mol. The Bertz CT molecular complexity index is 654. The van der Waals surface area contributed by atoms with Crippen molar-refractivity contribution in [3.63, 3.8) is 0 Å². The molecule has 0 radical (unpaired) electrons. The number of benzene rings is 1. The van der Waals surface area contributed by atoms with Gasteiger partial charge >= 0.3 is 0 Å². The van der Waals surface area contributed by atoms with Crippen LogP contribution in [0.4, 0.5) is 0 Å². The van der Waals surface area contributed by atoms with Crippen LogP contribution in [0.1, 0.15) is 22.9 Å². The summed E-state index contributed by atoms with van der Waals surface area (Å²) in [7, 11) is 0. The fourth-order valence-electron chi connectivity index (χ4n) is 2.96. The largest absolute Gasteiger partial charge is 0.314 e. The molecule has 0 aliphatic carbocycles. The average molecular weight is 336 g/mol. The number of nitrogens with one attached hydrogen (secondary N) is 1. The Kier molecular flexibility index (Phi) is 4.99. The molecule has 1 aliphatic heterocycles. The Labute approximate surface area is 141 Å². The molecule has 5 heteroatoms. The molecule has 22 heavy (non-hydrogen) atoms. The molecule has 2 heterocycles. The molecular formula is C17H19Cl2N3. The van der Waals surface area contributed by atoms with Crippen molar-refractivity contribution in [2.45, 2.75) is 13.0 Å². The summed E-state index contributed by atoms with van der Waals surface area (Å²) in [5.74, 6) is 0. The van der Waals surface area contributed by atoms with Crippen molar-refractivity contribution in [3.05, 3.63) is 63.4 Å². The standard InChI is InChI=1S/C17H19Cl2N3/c1-12-3-2-6-21-16(12)17(22-9-7-20-8-10-22)14-5-4-13(18)11-15(14)19/h2-6,11,17,20H,7-10H2,1H3. The highest BCUT2D eigenvalue weighted by atomic mass is 35.5. The molecule has 0 saturated carbocycles. The molecule has 1 saturated heterocycles. The number of aromatic nitrogens is 1. The Morgan fingerprint density at radius 1 is 1.18 bits per heavy atom. The lowest BCUT2D eigenvalue weighted by Gasteiger charge is -2.36. The first-order valence-electron chi connectivity index (χ1n) is 7.48. The quantitative estimate of drug-likeness (QED) is 0.927. The first kappa shape index (κ1) is 15.8. The van der Waals surface area contributed by atoms with E-state index in [1.54, 1.807) is 0 Å². The van der Waals surface area contributed by atoms with Gasteiger partial charge in [0.1, 0.15) is 0 Å². The van der Waals surface area contributed by atoms with E-state index in [4.69, 9.17) is 23.2 Å². The van der Waals surface area contributed by atoms with Gasteiger partial charge < -0.3 is 5.32 Å². The molecule has 3 nitrogen and oxygen atoms in total. The second-order valence-electron chi connectivity index (χ2n) is 5.56. The zero-order valence-electron chi connectivity index (χ0n) is 12.5. The lowest BCUT2D eigenvalue weighted by Crippen LogP contribution is -2.45. The number of halogens is 2. The number of hydrogen-bond donors (Lipinski definition) is 1. The van der Waals surface area contributed by atoms with Gasteiger partial charge in [-0.25, -0.2) is 0 Å². The third-order valence-corrected chi connectivity index (χ3v) is 4.65. The van der Waals surface area contributed by atoms with Gasteiger partial charge in [-0.2, -0.15) is 0 Å². The van der Waals surface area contributed by atoms with E-state index in [-0.39, 0.29) is 6.04 Å². The van der Waals surface area contributed by atoms with E-state index < -0.39 is 0 Å². The Hall–Kier alpha value is -1.13. The van der Waals surface area contributed by atoms with Gasteiger partial charge in [-0.05, 0) is 36.2 Å². The van der Waals surface area contributed by atoms with Crippen LogP contribution < -0.4 is 5.32 Å². The summed E-state index contributed by atoms with van der Waals surface area (Å²) >= 11 is 12.6. The van der Waals surface area contributed by atoms with Crippen molar-refractivity contribution in [1.82, 2.24) is 15.2 Å². The van der Waals surface area contributed by atoms with Crippen molar-refractivity contribution >= 4 is 23.2 Å². The number of nitrogens with zero attached hydrogens (tertiary/aromatic N) is 2. The molecule has 116 valence electrons. The van der Waals surface area contributed by atoms with Crippen molar-refractivity contribution < 1.29 is 0 Å². The first-order valence-corrected chi connectivity index (χ1v) is 8.23. The zero-order chi connectivity index (χ0) is 15.5. The molecule has 1 N–H and O–H groups in total. The fourth-order valence-corrected chi connectivity index (χ4v) is 3.48. The number of piperazine rings is 1. The minimum absolute atomic E-state index is 0.0630. The van der Waals surface area contributed by atoms with E-state index in [9.17, 15) is 0 Å². The average Bonchev–Trinajstić information content (AvgIpc) is 2.52. The molecule has 1 fully saturated rings. The van der Waals surface area contributed by atoms with Crippen LogP contribution in [0.2, 0.25) is 10.0 Å². The second-order valence-corrected chi connectivity index (χ2v) is 6.40. The van der Waals surface area contributed by atoms with Crippen LogP contribution in [0, 0.1) is 6.92 Å². The summed E-state index contributed by atoms with van der Waals surface area (Å²) in [4.78, 5) is 7.07. The Morgan fingerprint density at radius 3 is 2.64 bits per heavy atom. The monoisotopic (exact) mass is 335 g/mol. The summed E-state index contributed by atoms with van der Waals surface area (Å²) in [6, 6.07) is 9.86. The molecule has 0 amide bonds. The van der Waals surface area contributed by atoms with Gasteiger partial charge in [0.2, 0.25) is 0 Å². The van der Waals surface area contributed by atoms with Gasteiger partial charge in [-0.15, -0.1) is 0 Å². The highest BCUT2D eigenvalue weighted by Gasteiger charge is 2.27. The molecule has 2 aromatic rings. The highest BCUT2D eigenvalue weighted by Crippen LogP contribution is 2.35. The van der Waals surface area contributed by atoms with Gasteiger partial charge in [0, 0.05) is 42.4 Å². The maximum atomic E-state index is 6.49. The maximum absolute atomic E-state index is 6.49. The molecule has 1 atom stereocenters. The Morgan fingerprint density at radius 2 is 1.95 bits per heavy atom. The number of aryl methyl sites for hydroxylation is 1. The highest BCUT2D eigenvalue weighted by molar-refractivity contribution is 6.35. The Balaban J connectivity index is 2.08. The van der Waals surface area contributed by atoms with Crippen LogP contribution in [-0.2, 0) is 0 Å². The van der Waals surface area contributed by atoms with E-state index in [1.807, 2.05) is 30.5 Å². The SMILES string of the molecule is Cc1cccnc1C(c1ccc(Cl)cc1Cl)N1CCNCC1. The zero-order valence-corrected chi connectivity index (χ0v) is 14.0. The van der Waals surface area contributed by atoms with Crippen molar-refractivity contribution in [3.8, 4) is 0 Å². The number of pyridine rings is 1. The van der Waals surface area contributed by atoms with Crippen molar-refractivity contribution in [2.75, 3.05) is 26.2 Å². The van der Waals surface area contributed by atoms with E-state index in [0.717, 1.165) is 37.4 Å². The molecule has 3 rings (SSSR count). The predicted octanol–water partition coefficient (Wildman–Crippen LogP) is 3.69. The maximum Gasteiger partial charge on any atom is 0.0794 e. The minimum Gasteiger partial charge on any atom is -0.314 e. The summed E-state index contributed by atoms with van der Waals surface area (Å²) in [5, 5.41) is 4.75. The van der Waals surface area contributed by atoms with Crippen molar-refractivity contribution in [1.29, 1.82) is 0 Å². The van der Waals surface area contributed by atoms with Gasteiger partial charge in [0.25, 0.3) is 0 Å². The van der Waals surface area contributed by atoms with Crippen LogP contribution in [0.5, 0.6) is 0 Å². The molecule has 1 aromatic carbocycles. The van der Waals surface area contributed by atoms with Gasteiger partial charge in [0.05, 0.1) is 11.7 Å². The normalized spacial score (nSPS) is 17.4. The third-order valence-electron chi connectivity index (χ3n) is 4.08. The van der Waals surface area contributed by atoms with E-state index >= 15 is 0 Å². The lowest BCUT2D eigenvalue weighted by atomic mass is 9.97. The topological polar surface area (TPSA) is 28.2 Å². The van der Waals surface area contributed by atoms with E-state index in [2.05, 4.69) is 28.2 Å². The number of hydrogen-bond acceptors (Lipinski definition) is 3. The summed E-state index contributed by atoms with van der Waals surface area (Å²) in [6.07, 6.45) is 1.85. The van der Waals surface area contributed by atoms with E-state index in [0.29, 0.717) is 10.0 Å². The van der Waals surface area contributed by atoms with Gasteiger partial charge in [-0.3, -0.25) is 9.88 Å². The molecule has 1 unspecified atom stereocenters. The van der Waals surface area contributed by atoms with Crippen LogP contribution in [-0.4, -0.2) is 36.1 Å². The smallest absolute Gasteiger partial charge is 0.0794 e. The molecule has 1 aromatic heterocycles.